The van der Waals surface area contributed by atoms with E-state index in [2.05, 4.69) is 16.9 Å². The highest BCUT2D eigenvalue weighted by atomic mass is 35.5. The van der Waals surface area contributed by atoms with E-state index in [0.717, 1.165) is 44.8 Å². The predicted molar refractivity (Wildman–Crippen MR) is 95.9 cm³/mol. The van der Waals surface area contributed by atoms with Crippen LogP contribution in [0.4, 0.5) is 0 Å². The third-order valence-electron chi connectivity index (χ3n) is 4.42. The zero-order valence-corrected chi connectivity index (χ0v) is 15.0. The predicted octanol–water partition coefficient (Wildman–Crippen LogP) is 3.00. The highest BCUT2D eigenvalue weighted by molar-refractivity contribution is 6.33. The molecule has 1 aliphatic rings. The Balaban J connectivity index is 1.80. The van der Waals surface area contributed by atoms with Gasteiger partial charge in [0.15, 0.2) is 0 Å². The second-order valence-corrected chi connectivity index (χ2v) is 6.49. The number of carbonyl (C=O) groups excluding carboxylic acids is 1. The van der Waals surface area contributed by atoms with Crippen molar-refractivity contribution in [1.29, 1.82) is 0 Å². The lowest BCUT2D eigenvalue weighted by Crippen LogP contribution is -2.48. The maximum atomic E-state index is 12.9. The third-order valence-corrected chi connectivity index (χ3v) is 4.77. The van der Waals surface area contributed by atoms with Gasteiger partial charge in [-0.1, -0.05) is 36.7 Å². The Hall–Kier alpha value is -1.85. The smallest absolute Gasteiger partial charge is 0.258 e. The molecule has 2 aromatic rings. The fourth-order valence-electron chi connectivity index (χ4n) is 3.13. The molecule has 3 rings (SSSR count). The second-order valence-electron chi connectivity index (χ2n) is 6.13. The summed E-state index contributed by atoms with van der Waals surface area (Å²) in [6.45, 7) is 8.43. The fourth-order valence-corrected chi connectivity index (χ4v) is 3.48. The molecule has 1 aromatic carbocycles. The number of carbonyl (C=O) groups is 1. The molecule has 128 valence electrons. The van der Waals surface area contributed by atoms with Crippen molar-refractivity contribution in [2.45, 2.75) is 20.3 Å². The highest BCUT2D eigenvalue weighted by Gasteiger charge is 2.27. The molecule has 0 N–H and O–H groups in total. The lowest BCUT2D eigenvalue weighted by Gasteiger charge is -2.34. The molecule has 24 heavy (non-hydrogen) atoms. The van der Waals surface area contributed by atoms with E-state index in [9.17, 15) is 4.79 Å². The van der Waals surface area contributed by atoms with Crippen LogP contribution >= 0.6 is 11.6 Å². The van der Waals surface area contributed by atoms with Gasteiger partial charge in [0.2, 0.25) is 0 Å². The Kier molecular flexibility index (Phi) is 5.21. The number of amides is 1. The van der Waals surface area contributed by atoms with E-state index in [0.29, 0.717) is 16.4 Å². The lowest BCUT2D eigenvalue weighted by atomic mass is 10.2. The van der Waals surface area contributed by atoms with E-state index in [4.69, 9.17) is 11.6 Å². The van der Waals surface area contributed by atoms with Gasteiger partial charge in [-0.25, -0.2) is 4.68 Å². The topological polar surface area (TPSA) is 41.4 Å². The van der Waals surface area contributed by atoms with E-state index in [1.54, 1.807) is 4.68 Å². The van der Waals surface area contributed by atoms with Crippen LogP contribution in [0.2, 0.25) is 5.15 Å². The molecule has 0 bridgehead atoms. The number of piperazine rings is 1. The molecule has 1 aliphatic heterocycles. The zero-order valence-electron chi connectivity index (χ0n) is 14.2. The maximum absolute atomic E-state index is 12.9. The van der Waals surface area contributed by atoms with Crippen molar-refractivity contribution in [3.63, 3.8) is 0 Å². The quantitative estimate of drug-likeness (QED) is 0.854. The van der Waals surface area contributed by atoms with Crippen LogP contribution in [0.25, 0.3) is 5.69 Å². The summed E-state index contributed by atoms with van der Waals surface area (Å²) < 4.78 is 1.64. The number of rotatable bonds is 4. The van der Waals surface area contributed by atoms with Crippen LogP contribution in [0.15, 0.2) is 30.3 Å². The Morgan fingerprint density at radius 3 is 2.46 bits per heavy atom. The average Bonchev–Trinajstić information content (AvgIpc) is 2.90. The average molecular weight is 347 g/mol. The van der Waals surface area contributed by atoms with Crippen molar-refractivity contribution in [3.8, 4) is 5.69 Å². The van der Waals surface area contributed by atoms with Gasteiger partial charge in [-0.3, -0.25) is 9.69 Å². The van der Waals surface area contributed by atoms with Crippen molar-refractivity contribution in [1.82, 2.24) is 19.6 Å². The number of aromatic nitrogens is 2. The molecular formula is C18H23ClN4O. The number of nitrogens with zero attached hydrogens (tertiary/aromatic N) is 4. The Morgan fingerprint density at radius 1 is 1.17 bits per heavy atom. The van der Waals surface area contributed by atoms with E-state index in [1.807, 2.05) is 42.2 Å². The summed E-state index contributed by atoms with van der Waals surface area (Å²) in [5.41, 5.74) is 2.05. The normalized spacial score (nSPS) is 15.7. The molecule has 0 spiro atoms. The fraction of sp³-hybridized carbons (Fsp3) is 0.444. The lowest BCUT2D eigenvalue weighted by molar-refractivity contribution is 0.0637. The molecule has 1 fully saturated rings. The molecular weight excluding hydrogens is 324 g/mol. The van der Waals surface area contributed by atoms with Gasteiger partial charge in [0, 0.05) is 26.2 Å². The largest absolute Gasteiger partial charge is 0.336 e. The molecule has 0 aliphatic carbocycles. The van der Waals surface area contributed by atoms with Gasteiger partial charge in [-0.15, -0.1) is 0 Å². The van der Waals surface area contributed by atoms with E-state index in [-0.39, 0.29) is 5.91 Å². The molecule has 1 aromatic heterocycles. The minimum atomic E-state index is -0.0178. The van der Waals surface area contributed by atoms with Gasteiger partial charge in [-0.2, -0.15) is 5.10 Å². The monoisotopic (exact) mass is 346 g/mol. The molecule has 0 atom stereocenters. The standard InChI is InChI=1S/C18H23ClN4O/c1-3-9-21-10-12-22(13-11-21)18(24)16-14(2)20-23(17(16)19)15-7-5-4-6-8-15/h4-8H,3,9-13H2,1-2H3. The number of hydrogen-bond acceptors (Lipinski definition) is 3. The molecule has 0 saturated carbocycles. The molecule has 5 nitrogen and oxygen atoms in total. The first-order valence-corrected chi connectivity index (χ1v) is 8.81. The van der Waals surface area contributed by atoms with Crippen LogP contribution in [0.5, 0.6) is 0 Å². The number of benzene rings is 1. The molecule has 6 heteroatoms. The Labute approximate surface area is 147 Å². The van der Waals surface area contributed by atoms with Crippen LogP contribution < -0.4 is 0 Å². The van der Waals surface area contributed by atoms with Crippen molar-refractivity contribution < 1.29 is 4.79 Å². The van der Waals surface area contributed by atoms with Crippen molar-refractivity contribution in [3.05, 3.63) is 46.7 Å². The summed E-state index contributed by atoms with van der Waals surface area (Å²) in [4.78, 5) is 17.2. The first-order chi connectivity index (χ1) is 11.6. The van der Waals surface area contributed by atoms with Gasteiger partial charge in [0.1, 0.15) is 5.15 Å². The van der Waals surface area contributed by atoms with Gasteiger partial charge in [0.05, 0.1) is 16.9 Å². The molecule has 0 radical (unpaired) electrons. The van der Waals surface area contributed by atoms with Crippen LogP contribution in [0, 0.1) is 6.92 Å². The molecule has 0 unspecified atom stereocenters. The van der Waals surface area contributed by atoms with Crippen LogP contribution in [0.3, 0.4) is 0 Å². The van der Waals surface area contributed by atoms with E-state index in [1.165, 1.54) is 0 Å². The summed E-state index contributed by atoms with van der Waals surface area (Å²) >= 11 is 6.50. The Morgan fingerprint density at radius 2 is 1.83 bits per heavy atom. The number of para-hydroxylation sites is 1. The van der Waals surface area contributed by atoms with Crippen LogP contribution in [0.1, 0.15) is 29.4 Å². The summed E-state index contributed by atoms with van der Waals surface area (Å²) in [5.74, 6) is -0.0178. The van der Waals surface area contributed by atoms with Crippen molar-refractivity contribution >= 4 is 17.5 Å². The summed E-state index contributed by atoms with van der Waals surface area (Å²) in [7, 11) is 0. The van der Waals surface area contributed by atoms with Gasteiger partial charge < -0.3 is 4.90 Å². The van der Waals surface area contributed by atoms with E-state index >= 15 is 0 Å². The van der Waals surface area contributed by atoms with Gasteiger partial charge >= 0.3 is 0 Å². The summed E-state index contributed by atoms with van der Waals surface area (Å²) in [6, 6.07) is 9.65. The minimum absolute atomic E-state index is 0.0178. The number of hydrogen-bond donors (Lipinski definition) is 0. The first-order valence-electron chi connectivity index (χ1n) is 8.44. The molecule has 2 heterocycles. The maximum Gasteiger partial charge on any atom is 0.258 e. The Bertz CT molecular complexity index is 705. The highest BCUT2D eigenvalue weighted by Crippen LogP contribution is 2.25. The number of halogens is 1. The van der Waals surface area contributed by atoms with Crippen LogP contribution in [-0.4, -0.2) is 58.2 Å². The van der Waals surface area contributed by atoms with E-state index < -0.39 is 0 Å². The number of aryl methyl sites for hydroxylation is 1. The molecule has 1 amide bonds. The first kappa shape index (κ1) is 17.0. The van der Waals surface area contributed by atoms with Gasteiger partial charge in [-0.05, 0) is 32.0 Å². The minimum Gasteiger partial charge on any atom is -0.336 e. The van der Waals surface area contributed by atoms with Crippen molar-refractivity contribution in [2.75, 3.05) is 32.7 Å². The summed E-state index contributed by atoms with van der Waals surface area (Å²) in [6.07, 6.45) is 1.14. The van der Waals surface area contributed by atoms with Crippen molar-refractivity contribution in [2.24, 2.45) is 0 Å². The molecule has 1 saturated heterocycles. The third kappa shape index (κ3) is 3.32. The zero-order chi connectivity index (χ0) is 17.1. The summed E-state index contributed by atoms with van der Waals surface area (Å²) in [5, 5.41) is 4.86. The van der Waals surface area contributed by atoms with Crippen LogP contribution in [-0.2, 0) is 0 Å². The second kappa shape index (κ2) is 7.36. The van der Waals surface area contributed by atoms with Gasteiger partial charge in [0.25, 0.3) is 5.91 Å². The SMILES string of the molecule is CCCN1CCN(C(=O)c2c(C)nn(-c3ccccc3)c2Cl)CC1.